The Morgan fingerprint density at radius 2 is 2.14 bits per heavy atom. The molecule has 5 heteroatoms. The number of ether oxygens (including phenoxy) is 1. The van der Waals surface area contributed by atoms with E-state index >= 15 is 0 Å². The number of halogens is 1. The Morgan fingerprint density at radius 1 is 1.41 bits per heavy atom. The molecule has 2 unspecified atom stereocenters. The van der Waals surface area contributed by atoms with Crippen molar-refractivity contribution in [2.45, 2.75) is 44.3 Å². The molecule has 1 aromatic rings. The number of amides is 1. The predicted octanol–water partition coefficient (Wildman–Crippen LogP) is 2.77. The van der Waals surface area contributed by atoms with Crippen molar-refractivity contribution in [2.24, 2.45) is 0 Å². The van der Waals surface area contributed by atoms with E-state index in [2.05, 4.69) is 17.1 Å². The molecule has 1 heterocycles. The topological polar surface area (TPSA) is 41.6 Å². The number of nitrogens with one attached hydrogen (secondary N) is 1. The highest BCUT2D eigenvalue weighted by atomic mass is 35.5. The summed E-state index contributed by atoms with van der Waals surface area (Å²) in [5, 5.41) is 4.09. The van der Waals surface area contributed by atoms with E-state index in [-0.39, 0.29) is 18.0 Å². The van der Waals surface area contributed by atoms with Gasteiger partial charge in [-0.3, -0.25) is 4.79 Å². The van der Waals surface area contributed by atoms with Crippen LogP contribution in [0.4, 0.5) is 0 Å². The highest BCUT2D eigenvalue weighted by Gasteiger charge is 2.37. The predicted molar refractivity (Wildman–Crippen MR) is 87.0 cm³/mol. The molecule has 1 aliphatic heterocycles. The van der Waals surface area contributed by atoms with Crippen molar-refractivity contribution in [3.8, 4) is 0 Å². The maximum absolute atomic E-state index is 12.8. The van der Waals surface area contributed by atoms with Gasteiger partial charge in [-0.1, -0.05) is 23.7 Å². The van der Waals surface area contributed by atoms with E-state index in [0.717, 1.165) is 36.6 Å². The number of rotatable bonds is 5. The smallest absolute Gasteiger partial charge is 0.224 e. The lowest BCUT2D eigenvalue weighted by molar-refractivity contribution is -0.135. The molecule has 0 radical (unpaired) electrons. The molecule has 1 saturated carbocycles. The van der Waals surface area contributed by atoms with E-state index < -0.39 is 0 Å². The maximum atomic E-state index is 12.8. The second kappa shape index (κ2) is 6.99. The molecule has 1 aromatic carbocycles. The lowest BCUT2D eigenvalue weighted by atomic mass is 10.1. The summed E-state index contributed by atoms with van der Waals surface area (Å²) in [6.45, 7) is 4.29. The molecule has 0 spiro atoms. The zero-order valence-corrected chi connectivity index (χ0v) is 13.7. The minimum atomic E-state index is 0.0850. The molecule has 1 saturated heterocycles. The summed E-state index contributed by atoms with van der Waals surface area (Å²) in [5.74, 6) is 0.216. The number of morpholine rings is 1. The second-order valence-corrected chi connectivity index (χ2v) is 6.63. The van der Waals surface area contributed by atoms with Gasteiger partial charge in [0.1, 0.15) is 0 Å². The van der Waals surface area contributed by atoms with E-state index in [0.29, 0.717) is 19.1 Å². The first-order valence-electron chi connectivity index (χ1n) is 8.03. The number of carbonyl (C=O) groups excluding carboxylic acids is 1. The monoisotopic (exact) mass is 322 g/mol. The quantitative estimate of drug-likeness (QED) is 0.906. The molecule has 2 atom stereocenters. The lowest BCUT2D eigenvalue weighted by Crippen LogP contribution is -2.46. The Balaban J connectivity index is 1.68. The van der Waals surface area contributed by atoms with Gasteiger partial charge in [-0.05, 0) is 37.5 Å². The third kappa shape index (κ3) is 3.80. The maximum Gasteiger partial charge on any atom is 0.224 e. The van der Waals surface area contributed by atoms with Crippen LogP contribution in [0, 0.1) is 0 Å². The summed E-state index contributed by atoms with van der Waals surface area (Å²) in [6.07, 6.45) is 2.73. The summed E-state index contributed by atoms with van der Waals surface area (Å²) in [6, 6.07) is 8.41. The Morgan fingerprint density at radius 3 is 2.73 bits per heavy atom. The molecule has 2 aliphatic rings. The number of carbonyl (C=O) groups is 1. The molecule has 1 aliphatic carbocycles. The van der Waals surface area contributed by atoms with E-state index in [4.69, 9.17) is 16.3 Å². The number of hydrogen-bond donors (Lipinski definition) is 1. The van der Waals surface area contributed by atoms with Gasteiger partial charge in [0.2, 0.25) is 5.91 Å². The van der Waals surface area contributed by atoms with Crippen molar-refractivity contribution in [3.63, 3.8) is 0 Å². The lowest BCUT2D eigenvalue weighted by Gasteiger charge is -2.32. The Bertz CT molecular complexity index is 510. The molecular weight excluding hydrogens is 300 g/mol. The third-order valence-electron chi connectivity index (χ3n) is 4.42. The van der Waals surface area contributed by atoms with Crippen molar-refractivity contribution in [1.82, 2.24) is 10.2 Å². The molecule has 0 bridgehead atoms. The van der Waals surface area contributed by atoms with Crippen molar-refractivity contribution < 1.29 is 9.53 Å². The number of benzene rings is 1. The fourth-order valence-corrected chi connectivity index (χ4v) is 3.18. The summed E-state index contributed by atoms with van der Waals surface area (Å²) in [4.78, 5) is 14.8. The van der Waals surface area contributed by atoms with Gasteiger partial charge < -0.3 is 15.0 Å². The van der Waals surface area contributed by atoms with Gasteiger partial charge in [-0.25, -0.2) is 0 Å². The normalized spacial score (nSPS) is 23.1. The van der Waals surface area contributed by atoms with Crippen LogP contribution >= 0.6 is 11.6 Å². The fraction of sp³-hybridized carbons (Fsp3) is 0.588. The summed E-state index contributed by atoms with van der Waals surface area (Å²) in [5.41, 5.74) is 1.14. The van der Waals surface area contributed by atoms with Crippen molar-refractivity contribution in [2.75, 3.05) is 19.8 Å². The van der Waals surface area contributed by atoms with E-state index in [9.17, 15) is 4.79 Å². The fourth-order valence-electron chi connectivity index (χ4n) is 3.06. The minimum absolute atomic E-state index is 0.0850. The van der Waals surface area contributed by atoms with Crippen molar-refractivity contribution >= 4 is 17.5 Å². The summed E-state index contributed by atoms with van der Waals surface area (Å²) in [7, 11) is 0. The Labute approximate surface area is 136 Å². The van der Waals surface area contributed by atoms with Gasteiger partial charge in [-0.15, -0.1) is 0 Å². The van der Waals surface area contributed by atoms with Crippen LogP contribution in [0.25, 0.3) is 0 Å². The Hall–Kier alpha value is -1.10. The van der Waals surface area contributed by atoms with Gasteiger partial charge >= 0.3 is 0 Å². The first-order chi connectivity index (χ1) is 10.6. The molecular formula is C17H23ClN2O2. The van der Waals surface area contributed by atoms with Crippen LogP contribution in [-0.4, -0.2) is 42.6 Å². The second-order valence-electron chi connectivity index (χ2n) is 6.19. The zero-order valence-electron chi connectivity index (χ0n) is 12.9. The average Bonchev–Trinajstić information content (AvgIpc) is 3.34. The average molecular weight is 323 g/mol. The van der Waals surface area contributed by atoms with Crippen LogP contribution in [-0.2, 0) is 9.53 Å². The minimum Gasteiger partial charge on any atom is -0.378 e. The van der Waals surface area contributed by atoms with Crippen LogP contribution in [0.2, 0.25) is 5.02 Å². The van der Waals surface area contributed by atoms with Gasteiger partial charge in [0, 0.05) is 30.1 Å². The highest BCUT2D eigenvalue weighted by molar-refractivity contribution is 6.30. The first kappa shape index (κ1) is 15.8. The van der Waals surface area contributed by atoms with Crippen LogP contribution in [0.5, 0.6) is 0 Å². The molecule has 1 N–H and O–H groups in total. The molecule has 4 nitrogen and oxygen atoms in total. The molecule has 1 amide bonds. The summed E-state index contributed by atoms with van der Waals surface area (Å²) >= 11 is 5.96. The van der Waals surface area contributed by atoms with Crippen LogP contribution in [0.1, 0.15) is 37.8 Å². The molecule has 22 heavy (non-hydrogen) atoms. The summed E-state index contributed by atoms with van der Waals surface area (Å²) < 4.78 is 5.45. The van der Waals surface area contributed by atoms with Crippen LogP contribution < -0.4 is 5.32 Å². The van der Waals surface area contributed by atoms with Crippen molar-refractivity contribution in [3.05, 3.63) is 34.9 Å². The number of nitrogens with zero attached hydrogens (tertiary/aromatic N) is 1. The molecule has 2 fully saturated rings. The SMILES string of the molecule is CC(c1ccc(Cl)cc1)N(C(=O)CC1COCCN1)C1CC1. The molecule has 120 valence electrons. The van der Waals surface area contributed by atoms with Gasteiger partial charge in [0.15, 0.2) is 0 Å². The number of hydrogen-bond acceptors (Lipinski definition) is 3. The third-order valence-corrected chi connectivity index (χ3v) is 4.67. The van der Waals surface area contributed by atoms with E-state index in [1.807, 2.05) is 24.3 Å². The van der Waals surface area contributed by atoms with Gasteiger partial charge in [0.05, 0.1) is 19.3 Å². The van der Waals surface area contributed by atoms with Gasteiger partial charge in [-0.2, -0.15) is 0 Å². The van der Waals surface area contributed by atoms with Crippen LogP contribution in [0.15, 0.2) is 24.3 Å². The molecule has 3 rings (SSSR count). The van der Waals surface area contributed by atoms with Crippen LogP contribution in [0.3, 0.4) is 0 Å². The van der Waals surface area contributed by atoms with Gasteiger partial charge in [0.25, 0.3) is 0 Å². The first-order valence-corrected chi connectivity index (χ1v) is 8.40. The highest BCUT2D eigenvalue weighted by Crippen LogP contribution is 2.35. The molecule has 0 aromatic heterocycles. The zero-order chi connectivity index (χ0) is 15.5. The van der Waals surface area contributed by atoms with E-state index in [1.54, 1.807) is 0 Å². The largest absolute Gasteiger partial charge is 0.378 e. The van der Waals surface area contributed by atoms with Crippen molar-refractivity contribution in [1.29, 1.82) is 0 Å². The Kier molecular flexibility index (Phi) is 5.01. The van der Waals surface area contributed by atoms with E-state index in [1.165, 1.54) is 0 Å². The standard InChI is InChI=1S/C17H23ClN2O2/c1-12(13-2-4-14(18)5-3-13)20(16-6-7-16)17(21)10-15-11-22-9-8-19-15/h2-5,12,15-16,19H,6-11H2,1H3.